The van der Waals surface area contributed by atoms with Crippen LogP contribution in [0.4, 0.5) is 13.2 Å². The Balaban J connectivity index is 2.40. The van der Waals surface area contributed by atoms with Crippen molar-refractivity contribution in [2.24, 2.45) is 0 Å². The molecule has 0 atom stereocenters. The second-order valence-electron chi connectivity index (χ2n) is 3.58. The van der Waals surface area contributed by atoms with Gasteiger partial charge in [-0.2, -0.15) is 13.2 Å². The van der Waals surface area contributed by atoms with Gasteiger partial charge >= 0.3 is 6.18 Å². The fraction of sp³-hybridized carbons (Fsp3) is 0.0833. The number of hydrogen-bond acceptors (Lipinski definition) is 3. The van der Waals surface area contributed by atoms with Crippen molar-refractivity contribution in [1.82, 2.24) is 9.97 Å². The van der Waals surface area contributed by atoms with Crippen LogP contribution in [0, 0.1) is 0 Å². The van der Waals surface area contributed by atoms with Crippen molar-refractivity contribution in [1.29, 1.82) is 0 Å². The van der Waals surface area contributed by atoms with Crippen LogP contribution in [0.1, 0.15) is 21.7 Å². The topological polar surface area (TPSA) is 42.9 Å². The first-order valence-corrected chi connectivity index (χ1v) is 5.47. The second kappa shape index (κ2) is 4.97. The monoisotopic (exact) mass is 286 g/mol. The summed E-state index contributed by atoms with van der Waals surface area (Å²) in [4.78, 5) is 19.0. The van der Waals surface area contributed by atoms with E-state index in [0.29, 0.717) is 6.07 Å². The molecule has 2 heterocycles. The molecule has 19 heavy (non-hydrogen) atoms. The Morgan fingerprint density at radius 1 is 1.16 bits per heavy atom. The highest BCUT2D eigenvalue weighted by Gasteiger charge is 2.33. The molecule has 0 aliphatic rings. The van der Waals surface area contributed by atoms with Gasteiger partial charge in [0, 0.05) is 6.20 Å². The summed E-state index contributed by atoms with van der Waals surface area (Å²) in [6.45, 7) is 0. The number of alkyl halides is 3. The van der Waals surface area contributed by atoms with Crippen molar-refractivity contribution in [3.63, 3.8) is 0 Å². The predicted octanol–water partition coefficient (Wildman–Crippen LogP) is 3.38. The molecule has 7 heteroatoms. The summed E-state index contributed by atoms with van der Waals surface area (Å²) < 4.78 is 37.2. The zero-order chi connectivity index (χ0) is 14.0. The number of hydrogen-bond donors (Lipinski definition) is 0. The molecule has 2 aromatic heterocycles. The number of halogens is 4. The van der Waals surface area contributed by atoms with Gasteiger partial charge in [0.25, 0.3) is 0 Å². The molecule has 2 aromatic rings. The Morgan fingerprint density at radius 2 is 1.89 bits per heavy atom. The molecule has 0 saturated heterocycles. The van der Waals surface area contributed by atoms with E-state index in [9.17, 15) is 18.0 Å². The summed E-state index contributed by atoms with van der Waals surface area (Å²) in [5.41, 5.74) is -1.17. The summed E-state index contributed by atoms with van der Waals surface area (Å²) in [5, 5.41) is -0.495. The Kier molecular flexibility index (Phi) is 3.53. The van der Waals surface area contributed by atoms with Crippen LogP contribution in [-0.2, 0) is 6.18 Å². The van der Waals surface area contributed by atoms with E-state index in [0.717, 1.165) is 6.07 Å². The molecular formula is C12H6ClF3N2O. The van der Waals surface area contributed by atoms with E-state index in [1.54, 1.807) is 12.1 Å². The molecule has 2 rings (SSSR count). The van der Waals surface area contributed by atoms with Crippen LogP contribution in [0.15, 0.2) is 36.5 Å². The summed E-state index contributed by atoms with van der Waals surface area (Å²) in [6.07, 6.45) is -3.20. The molecule has 3 nitrogen and oxygen atoms in total. The standard InChI is InChI=1S/C12H6ClF3N2O/c13-11-7(4-5-9(18-11)12(14,15)16)10(19)8-3-1-2-6-17-8/h1-6H. The number of pyridine rings is 2. The molecule has 0 aromatic carbocycles. The SMILES string of the molecule is O=C(c1ccccn1)c1ccc(C(F)(F)F)nc1Cl. The maximum Gasteiger partial charge on any atom is 0.433 e. The molecule has 0 amide bonds. The minimum absolute atomic E-state index is 0.0889. The molecule has 0 radical (unpaired) electrons. The van der Waals surface area contributed by atoms with Crippen LogP contribution in [0.25, 0.3) is 0 Å². The second-order valence-corrected chi connectivity index (χ2v) is 3.93. The third kappa shape index (κ3) is 2.90. The molecule has 0 fully saturated rings. The maximum absolute atomic E-state index is 12.4. The lowest BCUT2D eigenvalue weighted by Gasteiger charge is -2.08. The van der Waals surface area contributed by atoms with E-state index in [4.69, 9.17) is 11.6 Å². The summed E-state index contributed by atoms with van der Waals surface area (Å²) >= 11 is 5.62. The summed E-state index contributed by atoms with van der Waals surface area (Å²) in [5.74, 6) is -0.577. The van der Waals surface area contributed by atoms with Gasteiger partial charge in [-0.05, 0) is 24.3 Å². The average molecular weight is 287 g/mol. The number of rotatable bonds is 2. The fourth-order valence-electron chi connectivity index (χ4n) is 1.40. The lowest BCUT2D eigenvalue weighted by molar-refractivity contribution is -0.141. The number of ketones is 1. The van der Waals surface area contributed by atoms with Crippen LogP contribution in [-0.4, -0.2) is 15.8 Å². The van der Waals surface area contributed by atoms with Gasteiger partial charge in [-0.25, -0.2) is 4.98 Å². The molecule has 0 unspecified atom stereocenters. The van der Waals surface area contributed by atoms with Crippen molar-refractivity contribution >= 4 is 17.4 Å². The first kappa shape index (κ1) is 13.5. The summed E-state index contributed by atoms with van der Waals surface area (Å²) in [7, 11) is 0. The number of nitrogens with zero attached hydrogens (tertiary/aromatic N) is 2. The average Bonchev–Trinajstić information content (AvgIpc) is 2.38. The van der Waals surface area contributed by atoms with Crippen LogP contribution < -0.4 is 0 Å². The van der Waals surface area contributed by atoms with Gasteiger partial charge in [-0.3, -0.25) is 9.78 Å². The highest BCUT2D eigenvalue weighted by molar-refractivity contribution is 6.33. The van der Waals surface area contributed by atoms with Gasteiger partial charge in [0.05, 0.1) is 5.56 Å². The van der Waals surface area contributed by atoms with Crippen LogP contribution >= 0.6 is 11.6 Å². The summed E-state index contributed by atoms with van der Waals surface area (Å²) in [6, 6.07) is 6.35. The van der Waals surface area contributed by atoms with E-state index in [1.807, 2.05) is 0 Å². The zero-order valence-electron chi connectivity index (χ0n) is 9.28. The van der Waals surface area contributed by atoms with Gasteiger partial charge in [0.2, 0.25) is 5.78 Å². The van der Waals surface area contributed by atoms with Crippen LogP contribution in [0.5, 0.6) is 0 Å². The Bertz CT molecular complexity index is 614. The minimum atomic E-state index is -4.60. The molecule has 0 aliphatic heterocycles. The molecule has 0 saturated carbocycles. The molecule has 0 N–H and O–H groups in total. The third-order valence-electron chi connectivity index (χ3n) is 2.28. The van der Waals surface area contributed by atoms with Gasteiger partial charge in [-0.1, -0.05) is 17.7 Å². The van der Waals surface area contributed by atoms with Crippen molar-refractivity contribution in [3.05, 3.63) is 58.6 Å². The van der Waals surface area contributed by atoms with Crippen molar-refractivity contribution in [2.75, 3.05) is 0 Å². The van der Waals surface area contributed by atoms with E-state index in [2.05, 4.69) is 9.97 Å². The van der Waals surface area contributed by atoms with E-state index in [1.165, 1.54) is 12.3 Å². The lowest BCUT2D eigenvalue weighted by atomic mass is 10.1. The van der Waals surface area contributed by atoms with Crippen molar-refractivity contribution in [2.45, 2.75) is 6.18 Å². The fourth-order valence-corrected chi connectivity index (χ4v) is 1.64. The van der Waals surface area contributed by atoms with Gasteiger partial charge in [0.15, 0.2) is 0 Å². The first-order chi connectivity index (χ1) is 8.89. The maximum atomic E-state index is 12.4. The highest BCUT2D eigenvalue weighted by atomic mass is 35.5. The smallest absolute Gasteiger partial charge is 0.287 e. The van der Waals surface area contributed by atoms with Gasteiger partial charge < -0.3 is 0 Å². The first-order valence-electron chi connectivity index (χ1n) is 5.09. The molecule has 0 bridgehead atoms. The predicted molar refractivity (Wildman–Crippen MR) is 61.9 cm³/mol. The van der Waals surface area contributed by atoms with Gasteiger partial charge in [0.1, 0.15) is 16.5 Å². The normalized spacial score (nSPS) is 11.4. The number of carbonyl (C=O) groups excluding carboxylic acids is 1. The minimum Gasteiger partial charge on any atom is -0.287 e. The lowest BCUT2D eigenvalue weighted by Crippen LogP contribution is -2.11. The quantitative estimate of drug-likeness (QED) is 0.628. The van der Waals surface area contributed by atoms with Crippen molar-refractivity contribution < 1.29 is 18.0 Å². The van der Waals surface area contributed by atoms with Crippen LogP contribution in [0.2, 0.25) is 5.15 Å². The largest absolute Gasteiger partial charge is 0.433 e. The zero-order valence-corrected chi connectivity index (χ0v) is 10.0. The Labute approximate surface area is 111 Å². The molecule has 98 valence electrons. The number of aromatic nitrogens is 2. The highest BCUT2D eigenvalue weighted by Crippen LogP contribution is 2.29. The molecule has 0 aliphatic carbocycles. The van der Waals surface area contributed by atoms with Crippen LogP contribution in [0.3, 0.4) is 0 Å². The van der Waals surface area contributed by atoms with Gasteiger partial charge in [-0.15, -0.1) is 0 Å². The number of carbonyl (C=O) groups is 1. The Morgan fingerprint density at radius 3 is 2.42 bits per heavy atom. The van der Waals surface area contributed by atoms with E-state index >= 15 is 0 Å². The Hall–Kier alpha value is -1.95. The van der Waals surface area contributed by atoms with E-state index < -0.39 is 22.8 Å². The molecular weight excluding hydrogens is 281 g/mol. The molecule has 0 spiro atoms. The van der Waals surface area contributed by atoms with Crippen molar-refractivity contribution in [3.8, 4) is 0 Å². The van der Waals surface area contributed by atoms with E-state index in [-0.39, 0.29) is 11.3 Å². The third-order valence-corrected chi connectivity index (χ3v) is 2.57.